The lowest BCUT2D eigenvalue weighted by Gasteiger charge is -2.23. The first-order valence-electron chi connectivity index (χ1n) is 6.64. The van der Waals surface area contributed by atoms with Gasteiger partial charge in [0, 0.05) is 13.0 Å². The van der Waals surface area contributed by atoms with Crippen LogP contribution in [0.1, 0.15) is 52.4 Å². The molecule has 5 heteroatoms. The number of hydrogen-bond acceptors (Lipinski definition) is 5. The highest BCUT2D eigenvalue weighted by Gasteiger charge is 2.22. The first kappa shape index (κ1) is 17.4. The Balaban J connectivity index is 3.64. The summed E-state index contributed by atoms with van der Waals surface area (Å²) in [6.45, 7) is 4.49. The van der Waals surface area contributed by atoms with Crippen LogP contribution in [0.5, 0.6) is 0 Å². The zero-order chi connectivity index (χ0) is 13.9. The van der Waals surface area contributed by atoms with Crippen molar-refractivity contribution in [2.45, 2.75) is 58.2 Å². The second-order valence-corrected chi connectivity index (χ2v) is 4.53. The van der Waals surface area contributed by atoms with Crippen LogP contribution in [0.3, 0.4) is 0 Å². The van der Waals surface area contributed by atoms with E-state index in [-0.39, 0.29) is 25.4 Å². The van der Waals surface area contributed by atoms with Crippen molar-refractivity contribution in [1.82, 2.24) is 0 Å². The fraction of sp³-hybridized carbons (Fsp3) is 0.923. The Kier molecular flexibility index (Phi) is 9.92. The SMILES string of the molecule is CCCCOC(=O)CCC(C)(O)OCCCCO. The molecule has 1 unspecified atom stereocenters. The van der Waals surface area contributed by atoms with Gasteiger partial charge in [-0.15, -0.1) is 0 Å². The molecule has 0 rings (SSSR count). The van der Waals surface area contributed by atoms with Crippen LogP contribution in [0.15, 0.2) is 0 Å². The Bertz CT molecular complexity index is 215. The lowest BCUT2D eigenvalue weighted by Crippen LogP contribution is -2.30. The van der Waals surface area contributed by atoms with E-state index in [2.05, 4.69) is 0 Å². The molecule has 0 bridgehead atoms. The van der Waals surface area contributed by atoms with Crippen molar-refractivity contribution in [3.63, 3.8) is 0 Å². The summed E-state index contributed by atoms with van der Waals surface area (Å²) in [5.74, 6) is -1.61. The third kappa shape index (κ3) is 10.5. The molecule has 0 aliphatic rings. The van der Waals surface area contributed by atoms with E-state index in [1.54, 1.807) is 0 Å². The minimum Gasteiger partial charge on any atom is -0.466 e. The maximum absolute atomic E-state index is 11.3. The fourth-order valence-electron chi connectivity index (χ4n) is 1.31. The van der Waals surface area contributed by atoms with Gasteiger partial charge in [0.1, 0.15) is 0 Å². The summed E-state index contributed by atoms with van der Waals surface area (Å²) in [5.41, 5.74) is 0. The smallest absolute Gasteiger partial charge is 0.305 e. The van der Waals surface area contributed by atoms with Gasteiger partial charge in [-0.25, -0.2) is 0 Å². The van der Waals surface area contributed by atoms with Crippen molar-refractivity contribution in [1.29, 1.82) is 0 Å². The van der Waals surface area contributed by atoms with Gasteiger partial charge in [-0.1, -0.05) is 13.3 Å². The number of aliphatic hydroxyl groups is 2. The van der Waals surface area contributed by atoms with Crippen LogP contribution < -0.4 is 0 Å². The summed E-state index contributed by atoms with van der Waals surface area (Å²) in [7, 11) is 0. The number of aliphatic hydroxyl groups excluding tert-OH is 1. The summed E-state index contributed by atoms with van der Waals surface area (Å²) in [6.07, 6.45) is 3.55. The molecule has 0 fully saturated rings. The van der Waals surface area contributed by atoms with Crippen molar-refractivity contribution < 1.29 is 24.5 Å². The summed E-state index contributed by atoms with van der Waals surface area (Å²) >= 11 is 0. The summed E-state index contributed by atoms with van der Waals surface area (Å²) in [4.78, 5) is 11.3. The third-order valence-corrected chi connectivity index (χ3v) is 2.52. The number of ether oxygens (including phenoxy) is 2. The van der Waals surface area contributed by atoms with Gasteiger partial charge in [0.25, 0.3) is 0 Å². The molecule has 0 heterocycles. The van der Waals surface area contributed by atoms with E-state index in [1.807, 2.05) is 6.92 Å². The monoisotopic (exact) mass is 262 g/mol. The van der Waals surface area contributed by atoms with Crippen molar-refractivity contribution >= 4 is 5.97 Å². The van der Waals surface area contributed by atoms with Crippen molar-refractivity contribution in [3.8, 4) is 0 Å². The zero-order valence-electron chi connectivity index (χ0n) is 11.5. The molecule has 0 saturated heterocycles. The highest BCUT2D eigenvalue weighted by molar-refractivity contribution is 5.69. The molecule has 0 radical (unpaired) electrons. The molecular formula is C13H26O5. The fourth-order valence-corrected chi connectivity index (χ4v) is 1.31. The quantitative estimate of drug-likeness (QED) is 0.336. The molecule has 0 aliphatic heterocycles. The van der Waals surface area contributed by atoms with E-state index in [4.69, 9.17) is 14.6 Å². The standard InChI is InChI=1S/C13H26O5/c1-3-4-10-17-12(15)7-8-13(2,16)18-11-6-5-9-14/h14,16H,3-11H2,1-2H3. The van der Waals surface area contributed by atoms with E-state index in [0.29, 0.717) is 26.1 Å². The van der Waals surface area contributed by atoms with Crippen LogP contribution in [-0.4, -0.2) is 41.8 Å². The van der Waals surface area contributed by atoms with Crippen LogP contribution in [0.2, 0.25) is 0 Å². The first-order chi connectivity index (χ1) is 8.52. The molecule has 0 amide bonds. The average Bonchev–Trinajstić information content (AvgIpc) is 2.33. The Labute approximate surface area is 109 Å². The van der Waals surface area contributed by atoms with Crippen LogP contribution in [-0.2, 0) is 14.3 Å². The van der Waals surface area contributed by atoms with Gasteiger partial charge in [0.2, 0.25) is 0 Å². The number of carbonyl (C=O) groups excluding carboxylic acids is 1. The van der Waals surface area contributed by atoms with E-state index in [1.165, 1.54) is 6.92 Å². The first-order valence-corrected chi connectivity index (χ1v) is 6.64. The molecule has 0 aromatic heterocycles. The van der Waals surface area contributed by atoms with E-state index < -0.39 is 5.79 Å². The molecular weight excluding hydrogens is 236 g/mol. The van der Waals surface area contributed by atoms with Crippen molar-refractivity contribution in [2.24, 2.45) is 0 Å². The zero-order valence-corrected chi connectivity index (χ0v) is 11.5. The second kappa shape index (κ2) is 10.3. The largest absolute Gasteiger partial charge is 0.466 e. The molecule has 0 aromatic carbocycles. The predicted molar refractivity (Wildman–Crippen MR) is 68.0 cm³/mol. The van der Waals surface area contributed by atoms with Gasteiger partial charge in [0.05, 0.1) is 19.6 Å². The molecule has 0 saturated carbocycles. The number of unbranched alkanes of at least 4 members (excludes halogenated alkanes) is 2. The lowest BCUT2D eigenvalue weighted by molar-refractivity contribution is -0.198. The second-order valence-electron chi connectivity index (χ2n) is 4.53. The van der Waals surface area contributed by atoms with E-state index >= 15 is 0 Å². The lowest BCUT2D eigenvalue weighted by atomic mass is 10.1. The molecule has 0 aromatic rings. The number of carbonyl (C=O) groups is 1. The van der Waals surface area contributed by atoms with Crippen LogP contribution >= 0.6 is 0 Å². The molecule has 2 N–H and O–H groups in total. The Hall–Kier alpha value is -0.650. The van der Waals surface area contributed by atoms with Crippen LogP contribution in [0.4, 0.5) is 0 Å². The Morgan fingerprint density at radius 1 is 1.22 bits per heavy atom. The predicted octanol–water partition coefficient (Wildman–Crippen LogP) is 1.61. The van der Waals surface area contributed by atoms with E-state index in [9.17, 15) is 9.90 Å². The Morgan fingerprint density at radius 2 is 1.94 bits per heavy atom. The molecule has 0 spiro atoms. The van der Waals surface area contributed by atoms with Crippen LogP contribution in [0, 0.1) is 0 Å². The average molecular weight is 262 g/mol. The molecule has 108 valence electrons. The van der Waals surface area contributed by atoms with Gasteiger partial charge in [-0.05, 0) is 26.2 Å². The summed E-state index contributed by atoms with van der Waals surface area (Å²) in [6, 6.07) is 0. The summed E-state index contributed by atoms with van der Waals surface area (Å²) < 4.78 is 10.2. The number of rotatable bonds is 11. The van der Waals surface area contributed by atoms with Gasteiger partial charge < -0.3 is 19.7 Å². The van der Waals surface area contributed by atoms with Crippen molar-refractivity contribution in [3.05, 3.63) is 0 Å². The van der Waals surface area contributed by atoms with Crippen LogP contribution in [0.25, 0.3) is 0 Å². The molecule has 0 aliphatic carbocycles. The topological polar surface area (TPSA) is 76.0 Å². The minimum atomic E-state index is -1.31. The number of hydrogen-bond donors (Lipinski definition) is 2. The molecule has 18 heavy (non-hydrogen) atoms. The highest BCUT2D eigenvalue weighted by atomic mass is 16.6. The number of esters is 1. The van der Waals surface area contributed by atoms with Crippen molar-refractivity contribution in [2.75, 3.05) is 19.8 Å². The summed E-state index contributed by atoms with van der Waals surface area (Å²) in [5, 5.41) is 18.4. The van der Waals surface area contributed by atoms with Gasteiger partial charge in [0.15, 0.2) is 5.79 Å². The van der Waals surface area contributed by atoms with Gasteiger partial charge in [-0.2, -0.15) is 0 Å². The highest BCUT2D eigenvalue weighted by Crippen LogP contribution is 2.15. The normalized spacial score (nSPS) is 14.2. The molecule has 1 atom stereocenters. The Morgan fingerprint density at radius 3 is 2.56 bits per heavy atom. The third-order valence-electron chi connectivity index (χ3n) is 2.52. The van der Waals surface area contributed by atoms with E-state index in [0.717, 1.165) is 12.8 Å². The molecule has 5 nitrogen and oxygen atoms in total. The van der Waals surface area contributed by atoms with Gasteiger partial charge in [-0.3, -0.25) is 4.79 Å². The maximum atomic E-state index is 11.3. The van der Waals surface area contributed by atoms with Gasteiger partial charge >= 0.3 is 5.97 Å². The minimum absolute atomic E-state index is 0.120. The maximum Gasteiger partial charge on any atom is 0.305 e.